The van der Waals surface area contributed by atoms with E-state index in [0.29, 0.717) is 11.3 Å². The van der Waals surface area contributed by atoms with Gasteiger partial charge in [0.2, 0.25) is 0 Å². The fourth-order valence-corrected chi connectivity index (χ4v) is 2.10. The van der Waals surface area contributed by atoms with Crippen molar-refractivity contribution in [3.05, 3.63) is 23.8 Å². The smallest absolute Gasteiger partial charge is 0.253 e. The number of carbonyl (C=O) groups is 1. The van der Waals surface area contributed by atoms with Gasteiger partial charge in [0.25, 0.3) is 5.91 Å². The van der Waals surface area contributed by atoms with Crippen LogP contribution in [-0.2, 0) is 0 Å². The Labute approximate surface area is 101 Å². The number of aromatic hydroxyl groups is 1. The molecule has 4 heteroatoms. The highest BCUT2D eigenvalue weighted by Crippen LogP contribution is 2.27. The number of amides is 1. The Morgan fingerprint density at radius 2 is 2.00 bits per heavy atom. The molecule has 1 amide bonds. The molecule has 4 nitrogen and oxygen atoms in total. The van der Waals surface area contributed by atoms with Gasteiger partial charge >= 0.3 is 0 Å². The summed E-state index contributed by atoms with van der Waals surface area (Å²) in [5.41, 5.74) is 0.519. The van der Waals surface area contributed by atoms with Crippen LogP contribution < -0.4 is 4.74 Å². The van der Waals surface area contributed by atoms with Crippen LogP contribution in [0.3, 0.4) is 0 Å². The molecule has 1 saturated heterocycles. The summed E-state index contributed by atoms with van der Waals surface area (Å²) in [5.74, 6) is 0.387. The first-order valence-corrected chi connectivity index (χ1v) is 5.88. The lowest BCUT2D eigenvalue weighted by atomic mass is 10.1. The summed E-state index contributed by atoms with van der Waals surface area (Å²) in [7, 11) is 1.49. The van der Waals surface area contributed by atoms with Gasteiger partial charge in [-0.1, -0.05) is 0 Å². The number of piperidine rings is 1. The second-order valence-electron chi connectivity index (χ2n) is 4.24. The number of carbonyl (C=O) groups excluding carboxylic acids is 1. The van der Waals surface area contributed by atoms with Gasteiger partial charge in [-0.25, -0.2) is 0 Å². The quantitative estimate of drug-likeness (QED) is 0.853. The Hall–Kier alpha value is -1.71. The lowest BCUT2D eigenvalue weighted by molar-refractivity contribution is 0.0724. The molecule has 1 aromatic rings. The molecule has 1 aromatic carbocycles. The Morgan fingerprint density at radius 3 is 2.59 bits per heavy atom. The van der Waals surface area contributed by atoms with Crippen molar-refractivity contribution in [2.45, 2.75) is 19.3 Å². The van der Waals surface area contributed by atoms with Crippen LogP contribution >= 0.6 is 0 Å². The number of rotatable bonds is 2. The van der Waals surface area contributed by atoms with Gasteiger partial charge in [0.15, 0.2) is 11.5 Å². The molecule has 17 heavy (non-hydrogen) atoms. The van der Waals surface area contributed by atoms with E-state index in [1.54, 1.807) is 12.1 Å². The molecular formula is C13H17NO3. The highest BCUT2D eigenvalue weighted by Gasteiger charge is 2.19. The van der Waals surface area contributed by atoms with Crippen molar-refractivity contribution in [1.29, 1.82) is 0 Å². The topological polar surface area (TPSA) is 49.8 Å². The number of nitrogens with zero attached hydrogens (tertiary/aromatic N) is 1. The molecule has 1 N–H and O–H groups in total. The molecule has 0 radical (unpaired) electrons. The van der Waals surface area contributed by atoms with Gasteiger partial charge < -0.3 is 14.7 Å². The van der Waals surface area contributed by atoms with E-state index in [1.807, 2.05) is 4.90 Å². The van der Waals surface area contributed by atoms with E-state index in [-0.39, 0.29) is 11.7 Å². The van der Waals surface area contributed by atoms with Crippen molar-refractivity contribution < 1.29 is 14.6 Å². The molecule has 1 fully saturated rings. The van der Waals surface area contributed by atoms with Crippen LogP contribution in [0.5, 0.6) is 11.5 Å². The normalized spacial score (nSPS) is 15.7. The minimum Gasteiger partial charge on any atom is -0.504 e. The first kappa shape index (κ1) is 11.8. The van der Waals surface area contributed by atoms with Gasteiger partial charge in [-0.3, -0.25) is 4.79 Å². The molecule has 0 unspecified atom stereocenters. The third-order valence-corrected chi connectivity index (χ3v) is 3.07. The van der Waals surface area contributed by atoms with E-state index in [2.05, 4.69) is 0 Å². The summed E-state index contributed by atoms with van der Waals surface area (Å²) in [6.07, 6.45) is 3.32. The lowest BCUT2D eigenvalue weighted by Gasteiger charge is -2.26. The van der Waals surface area contributed by atoms with Gasteiger partial charge in [-0.15, -0.1) is 0 Å². The van der Waals surface area contributed by atoms with Crippen molar-refractivity contribution in [3.8, 4) is 11.5 Å². The number of phenols is 1. The zero-order valence-corrected chi connectivity index (χ0v) is 9.98. The molecule has 0 atom stereocenters. The maximum Gasteiger partial charge on any atom is 0.253 e. The average molecular weight is 235 g/mol. The number of ether oxygens (including phenoxy) is 1. The molecule has 0 spiro atoms. The number of hydrogen-bond acceptors (Lipinski definition) is 3. The molecule has 0 aliphatic carbocycles. The van der Waals surface area contributed by atoms with E-state index < -0.39 is 0 Å². The zero-order chi connectivity index (χ0) is 12.3. The van der Waals surface area contributed by atoms with Gasteiger partial charge in [0.1, 0.15) is 0 Å². The molecule has 92 valence electrons. The van der Waals surface area contributed by atoms with Gasteiger partial charge in [-0.2, -0.15) is 0 Å². The Morgan fingerprint density at radius 1 is 1.29 bits per heavy atom. The van der Waals surface area contributed by atoms with Gasteiger partial charge in [0, 0.05) is 18.7 Å². The van der Waals surface area contributed by atoms with E-state index in [1.165, 1.54) is 19.6 Å². The van der Waals surface area contributed by atoms with Crippen LogP contribution in [0, 0.1) is 0 Å². The average Bonchev–Trinajstić information content (AvgIpc) is 2.39. The minimum atomic E-state index is -0.0114. The van der Waals surface area contributed by atoms with Crippen LogP contribution in [-0.4, -0.2) is 36.1 Å². The molecule has 1 aliphatic heterocycles. The highest BCUT2D eigenvalue weighted by molar-refractivity contribution is 5.95. The van der Waals surface area contributed by atoms with E-state index in [4.69, 9.17) is 4.74 Å². The van der Waals surface area contributed by atoms with Crippen LogP contribution in [0.4, 0.5) is 0 Å². The number of phenolic OH excluding ortho intramolecular Hbond substituents is 1. The SMILES string of the molecule is COc1ccc(C(=O)N2CCCCC2)cc1O. The van der Waals surface area contributed by atoms with Crippen molar-refractivity contribution in [2.24, 2.45) is 0 Å². The van der Waals surface area contributed by atoms with E-state index in [0.717, 1.165) is 25.9 Å². The molecule has 0 saturated carbocycles. The van der Waals surface area contributed by atoms with Crippen LogP contribution in [0.15, 0.2) is 18.2 Å². The third kappa shape index (κ3) is 2.52. The summed E-state index contributed by atoms with van der Waals surface area (Å²) >= 11 is 0. The molecule has 2 rings (SSSR count). The van der Waals surface area contributed by atoms with Crippen molar-refractivity contribution in [2.75, 3.05) is 20.2 Å². The number of likely N-dealkylation sites (tertiary alicyclic amines) is 1. The fraction of sp³-hybridized carbons (Fsp3) is 0.462. The van der Waals surface area contributed by atoms with Crippen molar-refractivity contribution >= 4 is 5.91 Å². The molecule has 1 heterocycles. The second kappa shape index (κ2) is 5.08. The predicted molar refractivity (Wildman–Crippen MR) is 64.4 cm³/mol. The zero-order valence-electron chi connectivity index (χ0n) is 9.98. The second-order valence-corrected chi connectivity index (χ2v) is 4.24. The van der Waals surface area contributed by atoms with E-state index in [9.17, 15) is 9.90 Å². The first-order valence-electron chi connectivity index (χ1n) is 5.88. The maximum absolute atomic E-state index is 12.1. The van der Waals surface area contributed by atoms with Crippen LogP contribution in [0.1, 0.15) is 29.6 Å². The van der Waals surface area contributed by atoms with Crippen LogP contribution in [0.25, 0.3) is 0 Å². The molecule has 0 aromatic heterocycles. The number of methoxy groups -OCH3 is 1. The van der Waals surface area contributed by atoms with Crippen molar-refractivity contribution in [3.63, 3.8) is 0 Å². The molecular weight excluding hydrogens is 218 g/mol. The summed E-state index contributed by atoms with van der Waals surface area (Å²) in [5, 5.41) is 9.64. The first-order chi connectivity index (χ1) is 8.22. The Kier molecular flexibility index (Phi) is 3.52. The van der Waals surface area contributed by atoms with Crippen LogP contribution in [0.2, 0.25) is 0 Å². The van der Waals surface area contributed by atoms with Gasteiger partial charge in [0.05, 0.1) is 7.11 Å². The lowest BCUT2D eigenvalue weighted by Crippen LogP contribution is -2.35. The number of hydrogen-bond donors (Lipinski definition) is 1. The Bertz CT molecular complexity index is 411. The van der Waals surface area contributed by atoms with Gasteiger partial charge in [-0.05, 0) is 37.5 Å². The summed E-state index contributed by atoms with van der Waals surface area (Å²) in [4.78, 5) is 14.0. The third-order valence-electron chi connectivity index (χ3n) is 3.07. The minimum absolute atomic E-state index is 0.00959. The van der Waals surface area contributed by atoms with E-state index >= 15 is 0 Å². The molecule has 1 aliphatic rings. The largest absolute Gasteiger partial charge is 0.504 e. The maximum atomic E-state index is 12.1. The van der Waals surface area contributed by atoms with Crippen molar-refractivity contribution in [1.82, 2.24) is 4.90 Å². The predicted octanol–water partition coefficient (Wildman–Crippen LogP) is 2.03. The summed E-state index contributed by atoms with van der Waals surface area (Å²) in [6, 6.07) is 4.78. The summed E-state index contributed by atoms with van der Waals surface area (Å²) in [6.45, 7) is 1.62. The highest BCUT2D eigenvalue weighted by atomic mass is 16.5. The Balaban J connectivity index is 2.16. The summed E-state index contributed by atoms with van der Waals surface area (Å²) < 4.78 is 4.95. The fourth-order valence-electron chi connectivity index (χ4n) is 2.10. The number of benzene rings is 1. The monoisotopic (exact) mass is 235 g/mol. The molecule has 0 bridgehead atoms. The standard InChI is InChI=1S/C13H17NO3/c1-17-12-6-5-10(9-11(12)15)13(16)14-7-3-2-4-8-14/h5-6,9,15H,2-4,7-8H2,1H3.